The van der Waals surface area contributed by atoms with E-state index in [0.29, 0.717) is 6.04 Å². The Bertz CT molecular complexity index is 510. The Hall–Kier alpha value is -1.55. The first-order valence-corrected chi connectivity index (χ1v) is 8.57. The molecule has 4 heteroatoms. The van der Waals surface area contributed by atoms with Crippen LogP contribution in [0.3, 0.4) is 0 Å². The first kappa shape index (κ1) is 17.8. The van der Waals surface area contributed by atoms with E-state index in [0.717, 1.165) is 26.1 Å². The SMILES string of the molecule is CCC1CN(C(=O)OC(C)(C)C)[C@@H](C)CN1Cc1ccccc1. The van der Waals surface area contributed by atoms with Gasteiger partial charge in [0.25, 0.3) is 0 Å². The van der Waals surface area contributed by atoms with Gasteiger partial charge in [0.05, 0.1) is 0 Å². The molecule has 4 nitrogen and oxygen atoms in total. The van der Waals surface area contributed by atoms with Gasteiger partial charge in [0, 0.05) is 31.7 Å². The number of ether oxygens (including phenoxy) is 1. The van der Waals surface area contributed by atoms with Gasteiger partial charge in [-0.2, -0.15) is 0 Å². The summed E-state index contributed by atoms with van der Waals surface area (Å²) in [5.41, 5.74) is 0.878. The van der Waals surface area contributed by atoms with Crippen LogP contribution in [0.25, 0.3) is 0 Å². The van der Waals surface area contributed by atoms with Crippen LogP contribution in [0.1, 0.15) is 46.6 Å². The van der Waals surface area contributed by atoms with Crippen LogP contribution >= 0.6 is 0 Å². The van der Waals surface area contributed by atoms with Crippen LogP contribution in [0.5, 0.6) is 0 Å². The van der Waals surface area contributed by atoms with Gasteiger partial charge in [-0.15, -0.1) is 0 Å². The summed E-state index contributed by atoms with van der Waals surface area (Å²) < 4.78 is 5.56. The molecule has 1 aliphatic rings. The molecule has 0 spiro atoms. The number of amides is 1. The highest BCUT2D eigenvalue weighted by atomic mass is 16.6. The quantitative estimate of drug-likeness (QED) is 0.847. The van der Waals surface area contributed by atoms with Crippen molar-refractivity contribution in [3.63, 3.8) is 0 Å². The zero-order valence-electron chi connectivity index (χ0n) is 15.1. The van der Waals surface area contributed by atoms with Gasteiger partial charge in [-0.25, -0.2) is 4.79 Å². The molecular formula is C19H30N2O2. The molecule has 1 aliphatic heterocycles. The minimum Gasteiger partial charge on any atom is -0.444 e. The molecule has 2 rings (SSSR count). The summed E-state index contributed by atoms with van der Waals surface area (Å²) in [7, 11) is 0. The standard InChI is InChI=1S/C19H30N2O2/c1-6-17-14-21(18(22)23-19(3,4)5)15(2)12-20(17)13-16-10-8-7-9-11-16/h7-11,15,17H,6,12-14H2,1-5H3/t15-,17?/m0/s1. The smallest absolute Gasteiger partial charge is 0.410 e. The van der Waals surface area contributed by atoms with Gasteiger partial charge in [-0.3, -0.25) is 4.90 Å². The Balaban J connectivity index is 2.04. The Morgan fingerprint density at radius 3 is 2.43 bits per heavy atom. The highest BCUT2D eigenvalue weighted by Gasteiger charge is 2.35. The predicted octanol–water partition coefficient (Wildman–Crippen LogP) is 3.91. The number of hydrogen-bond donors (Lipinski definition) is 0. The van der Waals surface area contributed by atoms with E-state index in [9.17, 15) is 4.79 Å². The van der Waals surface area contributed by atoms with Crippen molar-refractivity contribution in [1.82, 2.24) is 9.80 Å². The highest BCUT2D eigenvalue weighted by Crippen LogP contribution is 2.22. The van der Waals surface area contributed by atoms with Crippen molar-refractivity contribution in [2.75, 3.05) is 13.1 Å². The molecule has 1 amide bonds. The van der Waals surface area contributed by atoms with Crippen LogP contribution in [0.4, 0.5) is 4.79 Å². The molecule has 0 N–H and O–H groups in total. The van der Waals surface area contributed by atoms with Crippen LogP contribution in [0.2, 0.25) is 0 Å². The van der Waals surface area contributed by atoms with Crippen molar-refractivity contribution in [1.29, 1.82) is 0 Å². The van der Waals surface area contributed by atoms with E-state index in [1.807, 2.05) is 31.7 Å². The van der Waals surface area contributed by atoms with Gasteiger partial charge in [-0.05, 0) is 39.7 Å². The molecule has 128 valence electrons. The maximum absolute atomic E-state index is 12.4. The molecule has 0 saturated carbocycles. The molecule has 1 heterocycles. The number of hydrogen-bond acceptors (Lipinski definition) is 3. The van der Waals surface area contributed by atoms with Gasteiger partial charge in [0.15, 0.2) is 0 Å². The van der Waals surface area contributed by atoms with Crippen molar-refractivity contribution in [3.05, 3.63) is 35.9 Å². The molecule has 1 saturated heterocycles. The number of carbonyl (C=O) groups excluding carboxylic acids is 1. The lowest BCUT2D eigenvalue weighted by atomic mass is 10.0. The molecule has 0 bridgehead atoms. The second-order valence-electron chi connectivity index (χ2n) is 7.46. The van der Waals surface area contributed by atoms with Crippen LogP contribution < -0.4 is 0 Å². The third-order valence-electron chi connectivity index (χ3n) is 4.28. The topological polar surface area (TPSA) is 32.8 Å². The third kappa shape index (κ3) is 4.96. The molecule has 0 radical (unpaired) electrons. The zero-order valence-corrected chi connectivity index (χ0v) is 15.1. The summed E-state index contributed by atoms with van der Waals surface area (Å²) in [5.74, 6) is 0. The number of benzene rings is 1. The fourth-order valence-electron chi connectivity index (χ4n) is 3.08. The van der Waals surface area contributed by atoms with Gasteiger partial charge >= 0.3 is 6.09 Å². The van der Waals surface area contributed by atoms with Crippen molar-refractivity contribution in [3.8, 4) is 0 Å². The van der Waals surface area contributed by atoms with E-state index >= 15 is 0 Å². The first-order chi connectivity index (χ1) is 10.8. The van der Waals surface area contributed by atoms with Crippen LogP contribution in [0.15, 0.2) is 30.3 Å². The molecule has 1 aromatic rings. The van der Waals surface area contributed by atoms with Gasteiger partial charge in [-0.1, -0.05) is 37.3 Å². The number of nitrogens with zero attached hydrogens (tertiary/aromatic N) is 2. The normalized spacial score (nSPS) is 22.9. The second kappa shape index (κ2) is 7.35. The molecular weight excluding hydrogens is 288 g/mol. The van der Waals surface area contributed by atoms with Crippen molar-refractivity contribution >= 4 is 6.09 Å². The summed E-state index contributed by atoms with van der Waals surface area (Å²) in [6.07, 6.45) is 0.835. The molecule has 2 atom stereocenters. The van der Waals surface area contributed by atoms with Gasteiger partial charge < -0.3 is 9.64 Å². The lowest BCUT2D eigenvalue weighted by molar-refractivity contribution is -0.0150. The number of rotatable bonds is 3. The molecule has 1 fully saturated rings. The largest absolute Gasteiger partial charge is 0.444 e. The van der Waals surface area contributed by atoms with E-state index in [2.05, 4.69) is 43.0 Å². The predicted molar refractivity (Wildman–Crippen MR) is 93.3 cm³/mol. The van der Waals surface area contributed by atoms with E-state index < -0.39 is 5.60 Å². The summed E-state index contributed by atoms with van der Waals surface area (Å²) in [6, 6.07) is 11.1. The minimum absolute atomic E-state index is 0.163. The second-order valence-corrected chi connectivity index (χ2v) is 7.46. The van der Waals surface area contributed by atoms with E-state index in [-0.39, 0.29) is 12.1 Å². The summed E-state index contributed by atoms with van der Waals surface area (Å²) in [6.45, 7) is 12.6. The fourth-order valence-corrected chi connectivity index (χ4v) is 3.08. The van der Waals surface area contributed by atoms with Gasteiger partial charge in [0.2, 0.25) is 0 Å². The Kier molecular flexibility index (Phi) is 5.69. The average Bonchev–Trinajstić information content (AvgIpc) is 2.46. The highest BCUT2D eigenvalue weighted by molar-refractivity contribution is 5.68. The summed E-state index contributed by atoms with van der Waals surface area (Å²) in [4.78, 5) is 16.8. The van der Waals surface area contributed by atoms with Crippen LogP contribution in [0, 0.1) is 0 Å². The maximum Gasteiger partial charge on any atom is 0.410 e. The maximum atomic E-state index is 12.4. The summed E-state index contributed by atoms with van der Waals surface area (Å²) >= 11 is 0. The Morgan fingerprint density at radius 1 is 1.22 bits per heavy atom. The van der Waals surface area contributed by atoms with Crippen molar-refractivity contribution in [2.24, 2.45) is 0 Å². The lowest BCUT2D eigenvalue weighted by Gasteiger charge is -2.45. The Labute approximate surface area is 140 Å². The van der Waals surface area contributed by atoms with Crippen molar-refractivity contribution < 1.29 is 9.53 Å². The molecule has 0 aromatic heterocycles. The number of piperazine rings is 1. The average molecular weight is 318 g/mol. The summed E-state index contributed by atoms with van der Waals surface area (Å²) in [5, 5.41) is 0. The molecule has 1 aromatic carbocycles. The first-order valence-electron chi connectivity index (χ1n) is 8.57. The lowest BCUT2D eigenvalue weighted by Crippen LogP contribution is -2.59. The number of carbonyl (C=O) groups is 1. The van der Waals surface area contributed by atoms with E-state index in [4.69, 9.17) is 4.74 Å². The van der Waals surface area contributed by atoms with Crippen molar-refractivity contribution in [2.45, 2.75) is 65.3 Å². The minimum atomic E-state index is -0.445. The fraction of sp³-hybridized carbons (Fsp3) is 0.632. The molecule has 0 aliphatic carbocycles. The Morgan fingerprint density at radius 2 is 1.87 bits per heavy atom. The van der Waals surface area contributed by atoms with E-state index in [1.54, 1.807) is 0 Å². The monoisotopic (exact) mass is 318 g/mol. The van der Waals surface area contributed by atoms with E-state index in [1.165, 1.54) is 5.56 Å². The van der Waals surface area contributed by atoms with Crippen LogP contribution in [-0.4, -0.2) is 46.7 Å². The van der Waals surface area contributed by atoms with Gasteiger partial charge in [0.1, 0.15) is 5.60 Å². The third-order valence-corrected chi connectivity index (χ3v) is 4.28. The molecule has 23 heavy (non-hydrogen) atoms. The zero-order chi connectivity index (χ0) is 17.0. The van der Waals surface area contributed by atoms with Crippen LogP contribution in [-0.2, 0) is 11.3 Å². The molecule has 1 unspecified atom stereocenters.